The minimum absolute atomic E-state index is 0.416. The molecule has 0 unspecified atom stereocenters. The average molecular weight is 483 g/mol. The van der Waals surface area contributed by atoms with Crippen molar-refractivity contribution in [1.82, 2.24) is 29.8 Å². The molecule has 188 valence electrons. The summed E-state index contributed by atoms with van der Waals surface area (Å²) in [5.41, 5.74) is 3.52. The number of methoxy groups -OCH3 is 1. The van der Waals surface area contributed by atoms with Crippen molar-refractivity contribution in [3.8, 4) is 0 Å². The number of hydrogen-bond donors (Lipinski definition) is 4. The molecule has 1 atom stereocenters. The second-order valence-electron chi connectivity index (χ2n) is 8.78. The van der Waals surface area contributed by atoms with Crippen LogP contribution in [0.5, 0.6) is 0 Å². The van der Waals surface area contributed by atoms with Crippen molar-refractivity contribution in [2.24, 2.45) is 0 Å². The highest BCUT2D eigenvalue weighted by molar-refractivity contribution is 5.85. The topological polar surface area (TPSA) is 141 Å². The Morgan fingerprint density at radius 2 is 2.14 bits per heavy atom. The van der Waals surface area contributed by atoms with Crippen LogP contribution >= 0.6 is 0 Å². The Balaban J connectivity index is 1.27. The fraction of sp³-hybridized carbons (Fsp3) is 0.542. The molecule has 1 aliphatic heterocycles. The molecule has 0 radical (unpaired) electrons. The summed E-state index contributed by atoms with van der Waals surface area (Å²) in [6.07, 6.45) is 8.54. The highest BCUT2D eigenvalue weighted by Gasteiger charge is 2.21. The number of nitrogens with one attached hydrogen (secondary N) is 3. The van der Waals surface area contributed by atoms with E-state index in [9.17, 15) is 9.90 Å². The molecule has 1 aliphatic rings. The van der Waals surface area contributed by atoms with Gasteiger partial charge in [-0.05, 0) is 56.7 Å². The molecular formula is C24H34N8O3. The fourth-order valence-corrected chi connectivity index (χ4v) is 4.31. The molecule has 11 heteroatoms. The van der Waals surface area contributed by atoms with E-state index < -0.39 is 12.0 Å². The number of aromatic nitrogens is 5. The van der Waals surface area contributed by atoms with Gasteiger partial charge in [0.05, 0.1) is 12.9 Å². The molecule has 0 fully saturated rings. The first kappa shape index (κ1) is 24.8. The van der Waals surface area contributed by atoms with Gasteiger partial charge in [0.25, 0.3) is 0 Å². The second-order valence-corrected chi connectivity index (χ2v) is 8.78. The molecule has 35 heavy (non-hydrogen) atoms. The molecule has 0 aromatic carbocycles. The minimum atomic E-state index is -0.925. The smallest absolute Gasteiger partial charge is 0.326 e. The van der Waals surface area contributed by atoms with Gasteiger partial charge in [-0.2, -0.15) is 0 Å². The lowest BCUT2D eigenvalue weighted by molar-refractivity contribution is -0.138. The largest absolute Gasteiger partial charge is 0.480 e. The van der Waals surface area contributed by atoms with Crippen LogP contribution in [0.15, 0.2) is 24.8 Å². The normalized spacial score (nSPS) is 14.0. The standard InChI is InChI=1S/C24H34N8O3/c1-35-14-13-32(11-3-2-6-18-8-7-17-5-4-10-25-21(17)30-18)12-9-19(24(33)34)31-23-20-22(27-15-26-20)28-16-29-23/h7-8,15-16,19H,2-6,9-14H2,1H3,(H,25,30)(H,33,34)(H2,26,27,28,29,31)/t19-/m0/s1. The van der Waals surface area contributed by atoms with Crippen LogP contribution in [0.4, 0.5) is 11.6 Å². The Morgan fingerprint density at radius 3 is 3.00 bits per heavy atom. The predicted octanol–water partition coefficient (Wildman–Crippen LogP) is 2.33. The number of carboxylic acid groups (broad SMARTS) is 1. The number of rotatable bonds is 14. The van der Waals surface area contributed by atoms with Crippen molar-refractivity contribution in [2.45, 2.75) is 44.6 Å². The van der Waals surface area contributed by atoms with Crippen LogP contribution in [0.2, 0.25) is 0 Å². The van der Waals surface area contributed by atoms with E-state index in [1.807, 2.05) is 0 Å². The molecule has 0 saturated heterocycles. The zero-order valence-corrected chi connectivity index (χ0v) is 20.2. The third-order valence-electron chi connectivity index (χ3n) is 6.28. The lowest BCUT2D eigenvalue weighted by Crippen LogP contribution is -2.37. The molecule has 0 bridgehead atoms. The van der Waals surface area contributed by atoms with Crippen molar-refractivity contribution >= 4 is 28.8 Å². The summed E-state index contributed by atoms with van der Waals surface area (Å²) in [6.45, 7) is 3.84. The number of nitrogens with zero attached hydrogens (tertiary/aromatic N) is 5. The van der Waals surface area contributed by atoms with Crippen molar-refractivity contribution in [1.29, 1.82) is 0 Å². The lowest BCUT2D eigenvalue weighted by atomic mass is 10.1. The number of anilines is 2. The predicted molar refractivity (Wildman–Crippen MR) is 134 cm³/mol. The number of aryl methyl sites for hydroxylation is 2. The molecule has 3 aromatic heterocycles. The molecule has 4 heterocycles. The number of H-pyrrole nitrogens is 1. The van der Waals surface area contributed by atoms with Gasteiger partial charge in [0.2, 0.25) is 0 Å². The van der Waals surface area contributed by atoms with Crippen LogP contribution in [0.25, 0.3) is 11.2 Å². The number of fused-ring (bicyclic) bond motifs is 2. The van der Waals surface area contributed by atoms with Crippen molar-refractivity contribution in [3.05, 3.63) is 36.0 Å². The molecule has 0 aliphatic carbocycles. The summed E-state index contributed by atoms with van der Waals surface area (Å²) in [6, 6.07) is 3.55. The Morgan fingerprint density at radius 1 is 1.23 bits per heavy atom. The van der Waals surface area contributed by atoms with Crippen LogP contribution in [-0.2, 0) is 22.4 Å². The molecule has 4 N–H and O–H groups in total. The van der Waals surface area contributed by atoms with E-state index in [1.165, 1.54) is 18.2 Å². The lowest BCUT2D eigenvalue weighted by Gasteiger charge is -2.24. The van der Waals surface area contributed by atoms with Crippen LogP contribution in [-0.4, -0.2) is 86.8 Å². The first-order valence-electron chi connectivity index (χ1n) is 12.2. The quantitative estimate of drug-likeness (QED) is 0.253. The Kier molecular flexibility index (Phi) is 8.79. The summed E-state index contributed by atoms with van der Waals surface area (Å²) in [5.74, 6) is 0.531. The number of pyridine rings is 1. The molecule has 3 aromatic rings. The SMILES string of the molecule is COCCN(CCCCc1ccc2c(n1)NCCC2)CC[C@H](Nc1ncnc2[nH]cnc12)C(=O)O. The van der Waals surface area contributed by atoms with Crippen LogP contribution in [0.3, 0.4) is 0 Å². The molecule has 0 saturated carbocycles. The maximum absolute atomic E-state index is 11.9. The van der Waals surface area contributed by atoms with E-state index in [1.54, 1.807) is 7.11 Å². The molecule has 0 amide bonds. The molecular weight excluding hydrogens is 448 g/mol. The van der Waals surface area contributed by atoms with E-state index >= 15 is 0 Å². The third kappa shape index (κ3) is 6.86. The highest BCUT2D eigenvalue weighted by Crippen LogP contribution is 2.20. The molecule has 4 rings (SSSR count). The van der Waals surface area contributed by atoms with Gasteiger partial charge in [-0.25, -0.2) is 24.7 Å². The number of aliphatic carboxylic acids is 1. The summed E-state index contributed by atoms with van der Waals surface area (Å²) >= 11 is 0. The van der Waals surface area contributed by atoms with Crippen molar-refractivity contribution < 1.29 is 14.6 Å². The van der Waals surface area contributed by atoms with Crippen molar-refractivity contribution in [3.63, 3.8) is 0 Å². The van der Waals surface area contributed by atoms with Crippen LogP contribution in [0, 0.1) is 0 Å². The third-order valence-corrected chi connectivity index (χ3v) is 6.28. The summed E-state index contributed by atoms with van der Waals surface area (Å²) in [7, 11) is 1.68. The second kappa shape index (κ2) is 12.4. The van der Waals surface area contributed by atoms with Gasteiger partial charge in [0.1, 0.15) is 23.7 Å². The summed E-state index contributed by atoms with van der Waals surface area (Å²) in [5, 5.41) is 16.2. The zero-order valence-electron chi connectivity index (χ0n) is 20.2. The van der Waals surface area contributed by atoms with Gasteiger partial charge in [-0.15, -0.1) is 0 Å². The minimum Gasteiger partial charge on any atom is -0.480 e. The van der Waals surface area contributed by atoms with Gasteiger partial charge in [0.15, 0.2) is 11.5 Å². The van der Waals surface area contributed by atoms with E-state index in [2.05, 4.69) is 47.6 Å². The van der Waals surface area contributed by atoms with Gasteiger partial charge >= 0.3 is 5.97 Å². The van der Waals surface area contributed by atoms with E-state index in [-0.39, 0.29) is 0 Å². The number of hydrogen-bond acceptors (Lipinski definition) is 9. The Bertz CT molecular complexity index is 1110. The average Bonchev–Trinajstić information content (AvgIpc) is 3.36. The number of imidazole rings is 1. The van der Waals surface area contributed by atoms with Gasteiger partial charge in [-0.1, -0.05) is 6.07 Å². The van der Waals surface area contributed by atoms with Crippen molar-refractivity contribution in [2.75, 3.05) is 50.5 Å². The number of carboxylic acids is 1. The summed E-state index contributed by atoms with van der Waals surface area (Å²) in [4.78, 5) is 34.4. The van der Waals surface area contributed by atoms with Crippen LogP contribution < -0.4 is 10.6 Å². The number of carbonyl (C=O) groups is 1. The molecule has 11 nitrogen and oxygen atoms in total. The van der Waals surface area contributed by atoms with Gasteiger partial charge in [0, 0.05) is 32.4 Å². The first-order valence-corrected chi connectivity index (χ1v) is 12.2. The number of unbranched alkanes of at least 4 members (excludes halogenated alkanes) is 1. The monoisotopic (exact) mass is 482 g/mol. The van der Waals surface area contributed by atoms with Crippen LogP contribution in [0.1, 0.15) is 36.9 Å². The first-order chi connectivity index (χ1) is 17.1. The van der Waals surface area contributed by atoms with E-state index in [0.29, 0.717) is 36.6 Å². The van der Waals surface area contributed by atoms with E-state index in [0.717, 1.165) is 63.3 Å². The Hall–Kier alpha value is -3.31. The van der Waals surface area contributed by atoms with E-state index in [4.69, 9.17) is 9.72 Å². The summed E-state index contributed by atoms with van der Waals surface area (Å²) < 4.78 is 5.27. The Labute approximate surface area is 204 Å². The molecule has 0 spiro atoms. The van der Waals surface area contributed by atoms with Gasteiger partial charge < -0.3 is 30.4 Å². The maximum Gasteiger partial charge on any atom is 0.326 e. The number of aromatic amines is 1. The maximum atomic E-state index is 11.9. The fourth-order valence-electron chi connectivity index (χ4n) is 4.31. The number of ether oxygens (including phenoxy) is 1. The zero-order chi connectivity index (χ0) is 24.5. The van der Waals surface area contributed by atoms with Gasteiger partial charge in [-0.3, -0.25) is 0 Å². The highest BCUT2D eigenvalue weighted by atomic mass is 16.5.